The third-order valence-electron chi connectivity index (χ3n) is 3.90. The Morgan fingerprint density at radius 2 is 1.95 bits per heavy atom. The Morgan fingerprint density at radius 3 is 2.64 bits per heavy atom. The Kier molecular flexibility index (Phi) is 4.44. The van der Waals surface area contributed by atoms with E-state index >= 15 is 0 Å². The highest BCUT2D eigenvalue weighted by Gasteiger charge is 2.33. The quantitative estimate of drug-likeness (QED) is 0.827. The van der Waals surface area contributed by atoms with Crippen molar-refractivity contribution in [3.05, 3.63) is 51.3 Å². The lowest BCUT2D eigenvalue weighted by Gasteiger charge is -2.33. The predicted octanol–water partition coefficient (Wildman–Crippen LogP) is 2.71. The standard InChI is InChI=1S/C15H16BrNO3S2/c16-13-5-6-14(21-13)22(19,20)17-10-15(18)8-7-11-3-1-2-4-12(11)9-15/h1-6,17-18H,7-10H2/t15-/m0/s1. The van der Waals surface area contributed by atoms with E-state index in [-0.39, 0.29) is 10.8 Å². The Labute approximate surface area is 142 Å². The summed E-state index contributed by atoms with van der Waals surface area (Å²) in [7, 11) is -3.58. The summed E-state index contributed by atoms with van der Waals surface area (Å²) in [6.45, 7) is 0.0270. The van der Waals surface area contributed by atoms with Crippen LogP contribution in [0.25, 0.3) is 0 Å². The highest BCUT2D eigenvalue weighted by molar-refractivity contribution is 9.11. The Morgan fingerprint density at radius 1 is 1.23 bits per heavy atom. The van der Waals surface area contributed by atoms with E-state index in [2.05, 4.69) is 26.7 Å². The molecule has 1 aliphatic rings. The number of aryl methyl sites for hydroxylation is 1. The Hall–Kier alpha value is -0.730. The number of benzene rings is 1. The maximum absolute atomic E-state index is 12.2. The predicted molar refractivity (Wildman–Crippen MR) is 90.6 cm³/mol. The summed E-state index contributed by atoms with van der Waals surface area (Å²) >= 11 is 4.41. The van der Waals surface area contributed by atoms with Gasteiger partial charge in [-0.2, -0.15) is 0 Å². The fourth-order valence-corrected chi connectivity index (χ4v) is 5.85. The number of halogens is 1. The van der Waals surface area contributed by atoms with Crippen LogP contribution in [0.5, 0.6) is 0 Å². The second-order valence-electron chi connectivity index (χ2n) is 5.55. The molecule has 118 valence electrons. The SMILES string of the molecule is O=S(=O)(NC[C@]1(O)CCc2ccccc2C1)c1ccc(Br)s1. The number of nitrogens with one attached hydrogen (secondary N) is 1. The molecule has 22 heavy (non-hydrogen) atoms. The van der Waals surface area contributed by atoms with E-state index < -0.39 is 15.6 Å². The Bertz CT molecular complexity index is 788. The number of hydrogen-bond donors (Lipinski definition) is 2. The van der Waals surface area contributed by atoms with Gasteiger partial charge >= 0.3 is 0 Å². The van der Waals surface area contributed by atoms with Crippen molar-refractivity contribution in [3.8, 4) is 0 Å². The minimum atomic E-state index is -3.58. The number of aliphatic hydroxyl groups is 1. The summed E-state index contributed by atoms with van der Waals surface area (Å²) in [4.78, 5) is 0. The van der Waals surface area contributed by atoms with Gasteiger partial charge in [-0.3, -0.25) is 0 Å². The molecule has 0 amide bonds. The highest BCUT2D eigenvalue weighted by atomic mass is 79.9. The van der Waals surface area contributed by atoms with Gasteiger partial charge < -0.3 is 5.11 Å². The summed E-state index contributed by atoms with van der Waals surface area (Å²) in [5, 5.41) is 10.7. The van der Waals surface area contributed by atoms with E-state index in [9.17, 15) is 13.5 Å². The smallest absolute Gasteiger partial charge is 0.250 e. The third-order valence-corrected chi connectivity index (χ3v) is 7.42. The largest absolute Gasteiger partial charge is 0.388 e. The first-order chi connectivity index (χ1) is 10.4. The third kappa shape index (κ3) is 3.44. The van der Waals surface area contributed by atoms with Crippen LogP contribution in [0.1, 0.15) is 17.5 Å². The van der Waals surface area contributed by atoms with Gasteiger partial charge in [0, 0.05) is 13.0 Å². The van der Waals surface area contributed by atoms with Crippen LogP contribution in [0.3, 0.4) is 0 Å². The van der Waals surface area contributed by atoms with Crippen molar-refractivity contribution in [3.63, 3.8) is 0 Å². The lowest BCUT2D eigenvalue weighted by molar-refractivity contribution is 0.0317. The molecule has 4 nitrogen and oxygen atoms in total. The van der Waals surface area contributed by atoms with E-state index in [0.717, 1.165) is 27.1 Å². The maximum Gasteiger partial charge on any atom is 0.250 e. The van der Waals surface area contributed by atoms with Crippen LogP contribution in [0.4, 0.5) is 0 Å². The minimum Gasteiger partial charge on any atom is -0.388 e. The molecule has 0 aliphatic heterocycles. The second kappa shape index (κ2) is 6.05. The first-order valence-corrected chi connectivity index (χ1v) is 10.0. The van der Waals surface area contributed by atoms with Crippen LogP contribution in [0.2, 0.25) is 0 Å². The zero-order valence-corrected chi connectivity index (χ0v) is 15.0. The molecule has 7 heteroatoms. The number of hydrogen-bond acceptors (Lipinski definition) is 4. The van der Waals surface area contributed by atoms with E-state index in [0.29, 0.717) is 12.8 Å². The number of thiophene rings is 1. The van der Waals surface area contributed by atoms with Gasteiger partial charge in [0.15, 0.2) is 0 Å². The topological polar surface area (TPSA) is 66.4 Å². The van der Waals surface area contributed by atoms with Crippen molar-refractivity contribution in [1.82, 2.24) is 4.72 Å². The van der Waals surface area contributed by atoms with Crippen LogP contribution in [0, 0.1) is 0 Å². The van der Waals surface area contributed by atoms with Gasteiger partial charge in [0.2, 0.25) is 10.0 Å². The molecule has 0 saturated carbocycles. The van der Waals surface area contributed by atoms with Crippen molar-refractivity contribution in [2.24, 2.45) is 0 Å². The molecule has 2 aromatic rings. The molecule has 0 fully saturated rings. The lowest BCUT2D eigenvalue weighted by atomic mass is 9.80. The zero-order valence-electron chi connectivity index (χ0n) is 11.8. The number of rotatable bonds is 4. The van der Waals surface area contributed by atoms with Crippen molar-refractivity contribution in [1.29, 1.82) is 0 Å². The number of fused-ring (bicyclic) bond motifs is 1. The van der Waals surface area contributed by atoms with Gasteiger partial charge in [0.05, 0.1) is 9.39 Å². The molecule has 0 saturated heterocycles. The monoisotopic (exact) mass is 401 g/mol. The van der Waals surface area contributed by atoms with Gasteiger partial charge in [-0.15, -0.1) is 11.3 Å². The van der Waals surface area contributed by atoms with Crippen LogP contribution in [-0.4, -0.2) is 25.7 Å². The molecule has 2 N–H and O–H groups in total. The highest BCUT2D eigenvalue weighted by Crippen LogP contribution is 2.29. The molecule has 0 bridgehead atoms. The zero-order chi connectivity index (χ0) is 15.8. The van der Waals surface area contributed by atoms with Gasteiger partial charge in [-0.05, 0) is 52.0 Å². The van der Waals surface area contributed by atoms with Gasteiger partial charge in [-0.25, -0.2) is 13.1 Å². The molecule has 1 aromatic heterocycles. The summed E-state index contributed by atoms with van der Waals surface area (Å²) in [5.74, 6) is 0. The van der Waals surface area contributed by atoms with Crippen LogP contribution < -0.4 is 4.72 Å². The van der Waals surface area contributed by atoms with E-state index in [1.54, 1.807) is 12.1 Å². The average Bonchev–Trinajstić information content (AvgIpc) is 2.93. The molecule has 1 aromatic carbocycles. The molecule has 0 radical (unpaired) electrons. The van der Waals surface area contributed by atoms with Crippen molar-refractivity contribution in [2.75, 3.05) is 6.54 Å². The average molecular weight is 402 g/mol. The molecule has 1 atom stereocenters. The minimum absolute atomic E-state index is 0.0270. The molecule has 3 rings (SSSR count). The molecule has 1 aliphatic carbocycles. The second-order valence-corrected chi connectivity index (χ2v) is 10.0. The molecular weight excluding hydrogens is 386 g/mol. The molecule has 0 spiro atoms. The fourth-order valence-electron chi connectivity index (χ4n) is 2.68. The first kappa shape index (κ1) is 16.1. The van der Waals surface area contributed by atoms with Crippen molar-refractivity contribution in [2.45, 2.75) is 29.1 Å². The van der Waals surface area contributed by atoms with E-state index in [1.165, 1.54) is 5.56 Å². The lowest BCUT2D eigenvalue weighted by Crippen LogP contribution is -2.46. The first-order valence-electron chi connectivity index (χ1n) is 6.92. The number of sulfonamides is 1. The van der Waals surface area contributed by atoms with Gasteiger partial charge in [0.1, 0.15) is 4.21 Å². The molecule has 1 heterocycles. The van der Waals surface area contributed by atoms with Crippen molar-refractivity contribution >= 4 is 37.3 Å². The summed E-state index contributed by atoms with van der Waals surface area (Å²) in [6, 6.07) is 11.2. The molecule has 0 unspecified atom stereocenters. The molecular formula is C15H16BrNO3S2. The van der Waals surface area contributed by atoms with Gasteiger partial charge in [-0.1, -0.05) is 24.3 Å². The van der Waals surface area contributed by atoms with Crippen molar-refractivity contribution < 1.29 is 13.5 Å². The Balaban J connectivity index is 1.71. The van der Waals surface area contributed by atoms with Crippen LogP contribution in [-0.2, 0) is 22.9 Å². The summed E-state index contributed by atoms with van der Waals surface area (Å²) in [6.07, 6.45) is 1.79. The van der Waals surface area contributed by atoms with Crippen LogP contribution >= 0.6 is 27.3 Å². The summed E-state index contributed by atoms with van der Waals surface area (Å²) < 4.78 is 28.0. The van der Waals surface area contributed by atoms with E-state index in [4.69, 9.17) is 0 Å². The summed E-state index contributed by atoms with van der Waals surface area (Å²) in [5.41, 5.74) is 1.29. The normalized spacial score (nSPS) is 21.5. The van der Waals surface area contributed by atoms with Crippen LogP contribution in [0.15, 0.2) is 44.4 Å². The van der Waals surface area contributed by atoms with E-state index in [1.807, 2.05) is 18.2 Å². The maximum atomic E-state index is 12.2. The fraction of sp³-hybridized carbons (Fsp3) is 0.333. The van der Waals surface area contributed by atoms with Gasteiger partial charge in [0.25, 0.3) is 0 Å².